The number of carbonyl (C=O) groups excluding carboxylic acids is 1. The maximum absolute atomic E-state index is 12.6. The lowest BCUT2D eigenvalue weighted by molar-refractivity contribution is 0.0472. The minimum atomic E-state index is -3.62. The first-order valence-electron chi connectivity index (χ1n) is 9.46. The molecule has 6 heteroatoms. The van der Waals surface area contributed by atoms with Crippen LogP contribution < -0.4 is 0 Å². The number of esters is 1. The van der Waals surface area contributed by atoms with Gasteiger partial charge in [0.1, 0.15) is 6.61 Å². The lowest BCUT2D eigenvalue weighted by Gasteiger charge is -2.19. The maximum atomic E-state index is 12.6. The van der Waals surface area contributed by atoms with E-state index in [1.807, 2.05) is 24.3 Å². The summed E-state index contributed by atoms with van der Waals surface area (Å²) in [6, 6.07) is 13.9. The second-order valence-corrected chi connectivity index (χ2v) is 9.58. The molecule has 0 heterocycles. The normalized spacial score (nSPS) is 12.2. The minimum Gasteiger partial charge on any atom is -0.457 e. The third kappa shape index (κ3) is 5.20. The first kappa shape index (κ1) is 22.1. The number of sulfonamides is 1. The Morgan fingerprint density at radius 1 is 1.00 bits per heavy atom. The van der Waals surface area contributed by atoms with Crippen molar-refractivity contribution in [1.82, 2.24) is 4.31 Å². The van der Waals surface area contributed by atoms with E-state index < -0.39 is 16.0 Å². The van der Waals surface area contributed by atoms with Crippen LogP contribution in [0.3, 0.4) is 0 Å². The second kappa shape index (κ2) is 8.88. The summed E-state index contributed by atoms with van der Waals surface area (Å²) < 4.78 is 32.0. The molecule has 2 aromatic rings. The van der Waals surface area contributed by atoms with Crippen LogP contribution >= 0.6 is 0 Å². The van der Waals surface area contributed by atoms with E-state index in [2.05, 4.69) is 20.8 Å². The number of hydrogen-bond acceptors (Lipinski definition) is 4. The predicted molar refractivity (Wildman–Crippen MR) is 111 cm³/mol. The number of rotatable bonds is 7. The Hall–Kier alpha value is -2.18. The van der Waals surface area contributed by atoms with E-state index in [9.17, 15) is 13.2 Å². The lowest BCUT2D eigenvalue weighted by Crippen LogP contribution is -2.30. The van der Waals surface area contributed by atoms with E-state index in [4.69, 9.17) is 4.74 Å². The molecular weight excluding hydrogens is 374 g/mol. The maximum Gasteiger partial charge on any atom is 0.338 e. The predicted octanol–water partition coefficient (Wildman–Crippen LogP) is 4.37. The average Bonchev–Trinajstić information content (AvgIpc) is 2.66. The summed E-state index contributed by atoms with van der Waals surface area (Å²) >= 11 is 0. The second-order valence-electron chi connectivity index (χ2n) is 7.64. The zero-order valence-electron chi connectivity index (χ0n) is 17.2. The molecule has 0 saturated carbocycles. The Balaban J connectivity index is 2.11. The van der Waals surface area contributed by atoms with Crippen LogP contribution in [0.2, 0.25) is 0 Å². The summed E-state index contributed by atoms with van der Waals surface area (Å²) in [4.78, 5) is 12.5. The molecule has 152 valence electrons. The molecular formula is C22H29NO4S. The molecule has 0 spiro atoms. The van der Waals surface area contributed by atoms with Crippen molar-refractivity contribution in [2.75, 3.05) is 13.1 Å². The number of carbonyl (C=O) groups is 1. The van der Waals surface area contributed by atoms with Crippen molar-refractivity contribution in [2.45, 2.75) is 51.5 Å². The van der Waals surface area contributed by atoms with Gasteiger partial charge in [0.25, 0.3) is 0 Å². The van der Waals surface area contributed by atoms with Crippen molar-refractivity contribution in [3.63, 3.8) is 0 Å². The Labute approximate surface area is 168 Å². The van der Waals surface area contributed by atoms with Gasteiger partial charge in [-0.2, -0.15) is 4.31 Å². The Morgan fingerprint density at radius 2 is 1.61 bits per heavy atom. The third-order valence-corrected chi connectivity index (χ3v) is 6.65. The highest BCUT2D eigenvalue weighted by Crippen LogP contribution is 2.22. The largest absolute Gasteiger partial charge is 0.457 e. The Morgan fingerprint density at radius 3 is 2.14 bits per heavy atom. The third-order valence-electron chi connectivity index (χ3n) is 4.60. The Bertz CT molecular complexity index is 908. The molecule has 28 heavy (non-hydrogen) atoms. The molecule has 0 aliphatic heterocycles. The van der Waals surface area contributed by atoms with E-state index in [-0.39, 0.29) is 22.5 Å². The van der Waals surface area contributed by atoms with Crippen LogP contribution in [0, 0.1) is 0 Å². The first-order chi connectivity index (χ1) is 13.1. The van der Waals surface area contributed by atoms with Gasteiger partial charge in [-0.15, -0.1) is 0 Å². The first-order valence-corrected chi connectivity index (χ1v) is 10.9. The van der Waals surface area contributed by atoms with Gasteiger partial charge in [-0.05, 0) is 34.7 Å². The smallest absolute Gasteiger partial charge is 0.338 e. The highest BCUT2D eigenvalue weighted by Gasteiger charge is 2.22. The van der Waals surface area contributed by atoms with Crippen LogP contribution in [0.25, 0.3) is 0 Å². The van der Waals surface area contributed by atoms with Gasteiger partial charge in [0.15, 0.2) is 0 Å². The van der Waals surface area contributed by atoms with Gasteiger partial charge in [0.2, 0.25) is 10.0 Å². The van der Waals surface area contributed by atoms with Crippen molar-refractivity contribution in [2.24, 2.45) is 0 Å². The van der Waals surface area contributed by atoms with E-state index in [0.29, 0.717) is 13.1 Å². The molecule has 0 amide bonds. The molecule has 5 nitrogen and oxygen atoms in total. The summed E-state index contributed by atoms with van der Waals surface area (Å²) in [7, 11) is -3.62. The molecule has 2 aromatic carbocycles. The van der Waals surface area contributed by atoms with Crippen molar-refractivity contribution >= 4 is 16.0 Å². The summed E-state index contributed by atoms with van der Waals surface area (Å²) in [5, 5.41) is 0. The van der Waals surface area contributed by atoms with Crippen molar-refractivity contribution in [3.8, 4) is 0 Å². The van der Waals surface area contributed by atoms with Crippen LogP contribution in [0.5, 0.6) is 0 Å². The van der Waals surface area contributed by atoms with Crippen molar-refractivity contribution in [1.29, 1.82) is 0 Å². The molecule has 0 unspecified atom stereocenters. The zero-order valence-corrected chi connectivity index (χ0v) is 18.0. The highest BCUT2D eigenvalue weighted by atomic mass is 32.2. The van der Waals surface area contributed by atoms with Gasteiger partial charge in [-0.3, -0.25) is 0 Å². The molecule has 0 bridgehead atoms. The lowest BCUT2D eigenvalue weighted by atomic mass is 9.87. The van der Waals surface area contributed by atoms with Crippen LogP contribution in [-0.2, 0) is 26.8 Å². The zero-order chi connectivity index (χ0) is 20.9. The fourth-order valence-electron chi connectivity index (χ4n) is 2.83. The van der Waals surface area contributed by atoms with Gasteiger partial charge in [0, 0.05) is 13.1 Å². The highest BCUT2D eigenvalue weighted by molar-refractivity contribution is 7.89. The molecule has 0 aliphatic rings. The SMILES string of the molecule is CCN(CC)S(=O)(=O)c1cccc(C(=O)OCc2ccc(C(C)(C)C)cc2)c1. The standard InChI is InChI=1S/C22H29NO4S/c1-6-23(7-2)28(25,26)20-10-8-9-18(15-20)21(24)27-16-17-11-13-19(14-12-17)22(3,4)5/h8-15H,6-7,16H2,1-5H3. The van der Waals surface area contributed by atoms with E-state index >= 15 is 0 Å². The van der Waals surface area contributed by atoms with Crippen LogP contribution in [0.1, 0.15) is 56.1 Å². The van der Waals surface area contributed by atoms with Gasteiger partial charge < -0.3 is 4.74 Å². The molecule has 0 atom stereocenters. The number of nitrogens with zero attached hydrogens (tertiary/aromatic N) is 1. The van der Waals surface area contributed by atoms with Gasteiger partial charge in [-0.1, -0.05) is 65.0 Å². The van der Waals surface area contributed by atoms with Crippen LogP contribution in [0.4, 0.5) is 0 Å². The van der Waals surface area contributed by atoms with E-state index in [0.717, 1.165) is 5.56 Å². The summed E-state index contributed by atoms with van der Waals surface area (Å²) in [5.74, 6) is -0.545. The number of ether oxygens (including phenoxy) is 1. The molecule has 0 saturated heterocycles. The van der Waals surface area contributed by atoms with Crippen LogP contribution in [-0.4, -0.2) is 31.8 Å². The number of benzene rings is 2. The molecule has 2 rings (SSSR count). The number of hydrogen-bond donors (Lipinski definition) is 0. The molecule has 0 aliphatic carbocycles. The topological polar surface area (TPSA) is 63.7 Å². The monoisotopic (exact) mass is 403 g/mol. The van der Waals surface area contributed by atoms with E-state index in [1.165, 1.54) is 22.0 Å². The van der Waals surface area contributed by atoms with E-state index in [1.54, 1.807) is 26.0 Å². The minimum absolute atomic E-state index is 0.0615. The fraction of sp³-hybridized carbons (Fsp3) is 0.409. The fourth-order valence-corrected chi connectivity index (χ4v) is 4.33. The van der Waals surface area contributed by atoms with Gasteiger partial charge >= 0.3 is 5.97 Å². The molecule has 0 radical (unpaired) electrons. The average molecular weight is 404 g/mol. The summed E-state index contributed by atoms with van der Waals surface area (Å²) in [6.07, 6.45) is 0. The van der Waals surface area contributed by atoms with Crippen molar-refractivity contribution < 1.29 is 17.9 Å². The molecule has 0 N–H and O–H groups in total. The summed E-state index contributed by atoms with van der Waals surface area (Å²) in [6.45, 7) is 10.9. The van der Waals surface area contributed by atoms with Crippen LogP contribution in [0.15, 0.2) is 53.4 Å². The van der Waals surface area contributed by atoms with Gasteiger partial charge in [-0.25, -0.2) is 13.2 Å². The summed E-state index contributed by atoms with van der Waals surface area (Å²) in [5.41, 5.74) is 2.37. The van der Waals surface area contributed by atoms with Gasteiger partial charge in [0.05, 0.1) is 10.5 Å². The molecule has 0 fully saturated rings. The van der Waals surface area contributed by atoms with Crippen molar-refractivity contribution in [3.05, 3.63) is 65.2 Å². The Kier molecular flexibility index (Phi) is 7.01. The molecule has 0 aromatic heterocycles. The quantitative estimate of drug-likeness (QED) is 0.644.